The van der Waals surface area contributed by atoms with Crippen LogP contribution in [-0.2, 0) is 9.53 Å². The molecule has 6 heteroatoms. The first-order valence-corrected chi connectivity index (χ1v) is 10.8. The number of carbonyl (C=O) groups is 2. The molecule has 3 heterocycles. The van der Waals surface area contributed by atoms with Gasteiger partial charge in [-0.3, -0.25) is 9.59 Å². The molecule has 2 saturated heterocycles. The molecule has 26 heavy (non-hydrogen) atoms. The van der Waals surface area contributed by atoms with Crippen LogP contribution in [0.1, 0.15) is 65.5 Å². The number of hydrogen-bond donors (Lipinski definition) is 0. The first-order valence-electron chi connectivity index (χ1n) is 10.0. The third kappa shape index (κ3) is 3.67. The zero-order valence-corrected chi connectivity index (χ0v) is 16.1. The van der Waals surface area contributed by atoms with Gasteiger partial charge in [-0.15, -0.1) is 11.3 Å². The van der Waals surface area contributed by atoms with E-state index in [2.05, 4.69) is 11.0 Å². The van der Waals surface area contributed by atoms with Gasteiger partial charge in [0.2, 0.25) is 5.91 Å². The second-order valence-corrected chi connectivity index (χ2v) is 8.75. The molecule has 0 aromatic carbocycles. The predicted molar refractivity (Wildman–Crippen MR) is 101 cm³/mol. The normalized spacial score (nSPS) is 24.8. The van der Waals surface area contributed by atoms with E-state index in [0.29, 0.717) is 19.1 Å². The van der Waals surface area contributed by atoms with Crippen molar-refractivity contribution in [3.8, 4) is 0 Å². The van der Waals surface area contributed by atoms with Gasteiger partial charge in [0.25, 0.3) is 5.91 Å². The predicted octanol–water partition coefficient (Wildman–Crippen LogP) is 3.46. The molecular weight excluding hydrogens is 348 g/mol. The number of carbonyl (C=O) groups excluding carboxylic acids is 2. The lowest BCUT2D eigenvalue weighted by molar-refractivity contribution is -0.136. The molecule has 2 aliphatic heterocycles. The second kappa shape index (κ2) is 8.09. The molecule has 0 bridgehead atoms. The van der Waals surface area contributed by atoms with Gasteiger partial charge < -0.3 is 14.5 Å². The molecule has 2 amide bonds. The van der Waals surface area contributed by atoms with Gasteiger partial charge in [-0.25, -0.2) is 0 Å². The summed E-state index contributed by atoms with van der Waals surface area (Å²) < 4.78 is 5.45. The SMILES string of the molecule is O=C(c1ccc(C2CCCN2C(=O)C2CCCC2)s1)N1CCCOCC1. The average Bonchev–Trinajstić information content (AvgIpc) is 3.38. The van der Waals surface area contributed by atoms with Gasteiger partial charge in [-0.2, -0.15) is 0 Å². The van der Waals surface area contributed by atoms with Crippen LogP contribution in [0.3, 0.4) is 0 Å². The number of likely N-dealkylation sites (tertiary alicyclic amines) is 1. The standard InChI is InChI=1S/C20H28N2O3S/c23-19(15-5-1-2-6-15)22-11-3-7-16(22)17-8-9-18(26-17)20(24)21-10-4-13-25-14-12-21/h8-9,15-16H,1-7,10-14H2. The van der Waals surface area contributed by atoms with Gasteiger partial charge in [0.15, 0.2) is 0 Å². The summed E-state index contributed by atoms with van der Waals surface area (Å²) in [5, 5.41) is 0. The minimum Gasteiger partial charge on any atom is -0.380 e. The van der Waals surface area contributed by atoms with Gasteiger partial charge >= 0.3 is 0 Å². The van der Waals surface area contributed by atoms with Crippen LogP contribution in [-0.4, -0.2) is 54.5 Å². The Hall–Kier alpha value is -1.40. The lowest BCUT2D eigenvalue weighted by Crippen LogP contribution is -2.34. The Labute approximate surface area is 159 Å². The molecule has 1 aromatic heterocycles. The quantitative estimate of drug-likeness (QED) is 0.812. The van der Waals surface area contributed by atoms with Crippen LogP contribution in [0.2, 0.25) is 0 Å². The van der Waals surface area contributed by atoms with E-state index in [9.17, 15) is 9.59 Å². The van der Waals surface area contributed by atoms with E-state index in [1.165, 1.54) is 17.7 Å². The van der Waals surface area contributed by atoms with Gasteiger partial charge in [0.1, 0.15) is 0 Å². The summed E-state index contributed by atoms with van der Waals surface area (Å²) >= 11 is 1.58. The Balaban J connectivity index is 1.46. The minimum atomic E-state index is 0.110. The summed E-state index contributed by atoms with van der Waals surface area (Å²) in [4.78, 5) is 31.7. The van der Waals surface area contributed by atoms with E-state index in [1.807, 2.05) is 11.0 Å². The van der Waals surface area contributed by atoms with E-state index in [-0.39, 0.29) is 17.9 Å². The van der Waals surface area contributed by atoms with Crippen molar-refractivity contribution < 1.29 is 14.3 Å². The van der Waals surface area contributed by atoms with Crippen molar-refractivity contribution in [1.82, 2.24) is 9.80 Å². The van der Waals surface area contributed by atoms with Crippen molar-refractivity contribution in [3.05, 3.63) is 21.9 Å². The van der Waals surface area contributed by atoms with Crippen molar-refractivity contribution in [3.63, 3.8) is 0 Å². The van der Waals surface area contributed by atoms with Crippen LogP contribution in [0, 0.1) is 5.92 Å². The Kier molecular flexibility index (Phi) is 5.60. The number of nitrogens with zero attached hydrogens (tertiary/aromatic N) is 2. The summed E-state index contributed by atoms with van der Waals surface area (Å²) in [6.07, 6.45) is 7.45. The zero-order chi connectivity index (χ0) is 17.9. The third-order valence-corrected chi connectivity index (χ3v) is 7.09. The van der Waals surface area contributed by atoms with Crippen LogP contribution < -0.4 is 0 Å². The van der Waals surface area contributed by atoms with Gasteiger partial charge in [-0.05, 0) is 44.2 Å². The third-order valence-electron chi connectivity index (χ3n) is 5.92. The fourth-order valence-corrected chi connectivity index (χ4v) is 5.61. The molecule has 1 atom stereocenters. The summed E-state index contributed by atoms with van der Waals surface area (Å²) in [6, 6.07) is 4.18. The maximum atomic E-state index is 12.9. The average molecular weight is 377 g/mol. The van der Waals surface area contributed by atoms with Crippen molar-refractivity contribution in [1.29, 1.82) is 0 Å². The largest absolute Gasteiger partial charge is 0.380 e. The molecule has 1 aliphatic carbocycles. The van der Waals surface area contributed by atoms with E-state index in [4.69, 9.17) is 4.74 Å². The fraction of sp³-hybridized carbons (Fsp3) is 0.700. The molecule has 1 aromatic rings. The van der Waals surface area contributed by atoms with Crippen LogP contribution in [0.5, 0.6) is 0 Å². The first-order chi connectivity index (χ1) is 12.7. The molecule has 4 rings (SSSR count). The molecule has 1 unspecified atom stereocenters. The van der Waals surface area contributed by atoms with Crippen LogP contribution >= 0.6 is 11.3 Å². The highest BCUT2D eigenvalue weighted by atomic mass is 32.1. The highest BCUT2D eigenvalue weighted by Crippen LogP contribution is 2.39. The maximum absolute atomic E-state index is 12.9. The molecule has 0 radical (unpaired) electrons. The maximum Gasteiger partial charge on any atom is 0.264 e. The number of amides is 2. The number of ether oxygens (including phenoxy) is 1. The van der Waals surface area contributed by atoms with Crippen LogP contribution in [0.25, 0.3) is 0 Å². The summed E-state index contributed by atoms with van der Waals surface area (Å²) in [7, 11) is 0. The molecule has 0 spiro atoms. The highest BCUT2D eigenvalue weighted by Gasteiger charge is 2.36. The van der Waals surface area contributed by atoms with Crippen molar-refractivity contribution in [2.24, 2.45) is 5.92 Å². The molecule has 0 N–H and O–H groups in total. The van der Waals surface area contributed by atoms with Crippen molar-refractivity contribution in [2.75, 3.05) is 32.8 Å². The first kappa shape index (κ1) is 18.0. The summed E-state index contributed by atoms with van der Waals surface area (Å²) in [5.41, 5.74) is 0. The summed E-state index contributed by atoms with van der Waals surface area (Å²) in [6.45, 7) is 3.66. The number of thiophene rings is 1. The monoisotopic (exact) mass is 376 g/mol. The minimum absolute atomic E-state index is 0.110. The van der Waals surface area contributed by atoms with Crippen LogP contribution in [0.4, 0.5) is 0 Å². The van der Waals surface area contributed by atoms with Crippen LogP contribution in [0.15, 0.2) is 12.1 Å². The van der Waals surface area contributed by atoms with E-state index >= 15 is 0 Å². The van der Waals surface area contributed by atoms with E-state index in [0.717, 1.165) is 56.7 Å². The summed E-state index contributed by atoms with van der Waals surface area (Å²) in [5.74, 6) is 0.683. The van der Waals surface area contributed by atoms with E-state index in [1.54, 1.807) is 11.3 Å². The smallest absolute Gasteiger partial charge is 0.264 e. The lowest BCUT2D eigenvalue weighted by atomic mass is 10.1. The second-order valence-electron chi connectivity index (χ2n) is 7.63. The van der Waals surface area contributed by atoms with E-state index < -0.39 is 0 Å². The number of rotatable bonds is 3. The number of hydrogen-bond acceptors (Lipinski definition) is 4. The molecule has 142 valence electrons. The molecule has 5 nitrogen and oxygen atoms in total. The Morgan fingerprint density at radius 3 is 2.65 bits per heavy atom. The van der Waals surface area contributed by atoms with Gasteiger partial charge in [0, 0.05) is 37.0 Å². The van der Waals surface area contributed by atoms with Gasteiger partial charge in [-0.1, -0.05) is 12.8 Å². The Morgan fingerprint density at radius 2 is 1.81 bits per heavy atom. The molecule has 3 aliphatic rings. The van der Waals surface area contributed by atoms with Crippen molar-refractivity contribution in [2.45, 2.75) is 51.0 Å². The highest BCUT2D eigenvalue weighted by molar-refractivity contribution is 7.14. The van der Waals surface area contributed by atoms with Gasteiger partial charge in [0.05, 0.1) is 17.5 Å². The molecular formula is C20H28N2O3S. The topological polar surface area (TPSA) is 49.9 Å². The Morgan fingerprint density at radius 1 is 0.962 bits per heavy atom. The van der Waals surface area contributed by atoms with Crippen molar-refractivity contribution >= 4 is 23.2 Å². The Bertz CT molecular complexity index is 645. The molecule has 3 fully saturated rings. The zero-order valence-electron chi connectivity index (χ0n) is 15.3. The lowest BCUT2D eigenvalue weighted by Gasteiger charge is -2.26. The fourth-order valence-electron chi connectivity index (χ4n) is 4.49. The molecule has 1 saturated carbocycles.